The van der Waals surface area contributed by atoms with Gasteiger partial charge in [-0.15, -0.1) is 0 Å². The van der Waals surface area contributed by atoms with Crippen LogP contribution in [0.25, 0.3) is 99.2 Å². The Kier molecular flexibility index (Phi) is 8.17. The van der Waals surface area contributed by atoms with Crippen LogP contribution in [0.3, 0.4) is 0 Å². The molecule has 0 saturated carbocycles. The molecule has 0 unspecified atom stereocenters. The van der Waals surface area contributed by atoms with Crippen molar-refractivity contribution in [3.63, 3.8) is 0 Å². The highest BCUT2D eigenvalue weighted by atomic mass is 16.3. The molecule has 3 nitrogen and oxygen atoms in total. The maximum Gasteiger partial charge on any atom is 0.143 e. The lowest BCUT2D eigenvalue weighted by Gasteiger charge is -2.30. The van der Waals surface area contributed by atoms with Crippen molar-refractivity contribution in [2.24, 2.45) is 0 Å². The number of hydrogen-bond acceptors (Lipinski definition) is 3. The summed E-state index contributed by atoms with van der Waals surface area (Å²) in [6.07, 6.45) is 0. The maximum atomic E-state index is 6.82. The molecule has 0 aliphatic heterocycles. The van der Waals surface area contributed by atoms with Gasteiger partial charge in [0.1, 0.15) is 22.3 Å². The minimum absolute atomic E-state index is 0.880. The van der Waals surface area contributed by atoms with Crippen LogP contribution in [-0.4, -0.2) is 0 Å². The fraction of sp³-hybridized carbons (Fsp3) is 0. The van der Waals surface area contributed by atoms with Crippen molar-refractivity contribution >= 4 is 71.7 Å². The highest BCUT2D eigenvalue weighted by molar-refractivity contribution is 6.16. The summed E-state index contributed by atoms with van der Waals surface area (Å²) in [7, 11) is 0. The van der Waals surface area contributed by atoms with E-state index in [0.29, 0.717) is 0 Å². The van der Waals surface area contributed by atoms with Gasteiger partial charge in [0.05, 0.1) is 11.4 Å². The molecule has 286 valence electrons. The first-order valence-electron chi connectivity index (χ1n) is 20.7. The molecule has 3 heteroatoms. The average Bonchev–Trinajstić information content (AvgIpc) is 3.92. The minimum Gasteiger partial charge on any atom is -0.455 e. The molecule has 0 amide bonds. The van der Waals surface area contributed by atoms with Gasteiger partial charge in [0.2, 0.25) is 0 Å². The van der Waals surface area contributed by atoms with Gasteiger partial charge in [-0.3, -0.25) is 0 Å². The van der Waals surface area contributed by atoms with Gasteiger partial charge in [-0.05, 0) is 70.1 Å². The van der Waals surface area contributed by atoms with Crippen molar-refractivity contribution in [2.75, 3.05) is 4.90 Å². The Morgan fingerprint density at radius 3 is 1.44 bits per heavy atom. The third-order valence-electron chi connectivity index (χ3n) is 12.1. The lowest BCUT2D eigenvalue weighted by Crippen LogP contribution is -2.12. The van der Waals surface area contributed by atoms with E-state index in [-0.39, 0.29) is 0 Å². The molecule has 0 fully saturated rings. The molecule has 12 aromatic rings. The zero-order valence-electron chi connectivity index (χ0n) is 33.1. The van der Waals surface area contributed by atoms with E-state index < -0.39 is 0 Å². The summed E-state index contributed by atoms with van der Waals surface area (Å²) in [5.74, 6) is 0. The lowest BCUT2D eigenvalue weighted by atomic mass is 9.97. The van der Waals surface area contributed by atoms with Crippen LogP contribution in [-0.2, 0) is 0 Å². The van der Waals surface area contributed by atoms with E-state index in [2.05, 4.69) is 223 Å². The first kappa shape index (κ1) is 34.9. The van der Waals surface area contributed by atoms with Crippen molar-refractivity contribution in [1.82, 2.24) is 0 Å². The van der Waals surface area contributed by atoms with Crippen LogP contribution in [0.4, 0.5) is 17.1 Å². The summed E-state index contributed by atoms with van der Waals surface area (Å²) < 4.78 is 13.4. The second kappa shape index (κ2) is 14.3. The first-order valence-corrected chi connectivity index (χ1v) is 20.7. The fourth-order valence-corrected chi connectivity index (χ4v) is 9.21. The smallest absolute Gasteiger partial charge is 0.143 e. The quantitative estimate of drug-likeness (QED) is 0.161. The number of anilines is 3. The molecular weight excluding hydrogens is 743 g/mol. The Morgan fingerprint density at radius 1 is 0.279 bits per heavy atom. The predicted molar refractivity (Wildman–Crippen MR) is 255 cm³/mol. The lowest BCUT2D eigenvalue weighted by molar-refractivity contribution is 0.671. The van der Waals surface area contributed by atoms with Crippen LogP contribution in [0, 0.1) is 0 Å². The van der Waals surface area contributed by atoms with E-state index in [1.54, 1.807) is 0 Å². The van der Waals surface area contributed by atoms with Gasteiger partial charge in [-0.2, -0.15) is 0 Å². The SMILES string of the molecule is c1ccc(-c2ccccc2N(c2ccc(-c3cccc4c3oc3c(-c5ccccc5)cccc34)cc2)c2ccccc2-c2ccc3oc4c5ccccc5ccc4c3c2)cc1. The molecule has 0 aliphatic carbocycles. The second-order valence-electron chi connectivity index (χ2n) is 15.6. The minimum atomic E-state index is 0.880. The largest absolute Gasteiger partial charge is 0.455 e. The Hall–Kier alpha value is -8.14. The molecular formula is C58H37NO2. The van der Waals surface area contributed by atoms with Gasteiger partial charge in [-0.25, -0.2) is 0 Å². The van der Waals surface area contributed by atoms with E-state index in [1.165, 1.54) is 5.39 Å². The first-order chi connectivity index (χ1) is 30.3. The van der Waals surface area contributed by atoms with Gasteiger partial charge in [0.25, 0.3) is 0 Å². The molecule has 61 heavy (non-hydrogen) atoms. The molecule has 0 atom stereocenters. The fourth-order valence-electron chi connectivity index (χ4n) is 9.21. The van der Waals surface area contributed by atoms with Crippen LogP contribution in [0.5, 0.6) is 0 Å². The third-order valence-corrected chi connectivity index (χ3v) is 12.1. The van der Waals surface area contributed by atoms with E-state index in [0.717, 1.165) is 111 Å². The van der Waals surface area contributed by atoms with Crippen LogP contribution < -0.4 is 4.90 Å². The normalized spacial score (nSPS) is 11.6. The molecule has 12 rings (SSSR count). The Balaban J connectivity index is 1.02. The van der Waals surface area contributed by atoms with Gasteiger partial charge in [0, 0.05) is 54.9 Å². The molecule has 0 N–H and O–H groups in total. The van der Waals surface area contributed by atoms with E-state index in [1.807, 2.05) is 6.07 Å². The summed E-state index contributed by atoms with van der Waals surface area (Å²) in [5.41, 5.74) is 15.7. The number of nitrogens with zero attached hydrogens (tertiary/aromatic N) is 1. The summed E-state index contributed by atoms with van der Waals surface area (Å²) in [6, 6.07) is 79.8. The van der Waals surface area contributed by atoms with E-state index in [4.69, 9.17) is 8.83 Å². The van der Waals surface area contributed by atoms with E-state index >= 15 is 0 Å². The molecule has 0 aliphatic rings. The van der Waals surface area contributed by atoms with Crippen molar-refractivity contribution in [3.8, 4) is 44.5 Å². The van der Waals surface area contributed by atoms with Crippen LogP contribution in [0.15, 0.2) is 233 Å². The van der Waals surface area contributed by atoms with Gasteiger partial charge in [-0.1, -0.05) is 182 Å². The van der Waals surface area contributed by atoms with Crippen LogP contribution in [0.2, 0.25) is 0 Å². The Morgan fingerprint density at radius 2 is 0.770 bits per heavy atom. The monoisotopic (exact) mass is 779 g/mol. The highest BCUT2D eigenvalue weighted by Crippen LogP contribution is 2.47. The molecule has 0 spiro atoms. The van der Waals surface area contributed by atoms with Gasteiger partial charge in [0.15, 0.2) is 0 Å². The molecule has 0 bridgehead atoms. The number of benzene rings is 10. The van der Waals surface area contributed by atoms with E-state index in [9.17, 15) is 0 Å². The number of hydrogen-bond donors (Lipinski definition) is 0. The maximum absolute atomic E-state index is 6.82. The number of rotatable bonds is 7. The molecule has 0 radical (unpaired) electrons. The highest BCUT2D eigenvalue weighted by Gasteiger charge is 2.22. The summed E-state index contributed by atoms with van der Waals surface area (Å²) in [5, 5.41) is 6.74. The zero-order valence-corrected chi connectivity index (χ0v) is 33.1. The number of fused-ring (bicyclic) bond motifs is 8. The summed E-state index contributed by atoms with van der Waals surface area (Å²) >= 11 is 0. The predicted octanol–water partition coefficient (Wildman–Crippen LogP) is 16.8. The summed E-state index contributed by atoms with van der Waals surface area (Å²) in [6.45, 7) is 0. The van der Waals surface area contributed by atoms with Crippen molar-refractivity contribution < 1.29 is 8.83 Å². The molecule has 2 heterocycles. The number of para-hydroxylation sites is 4. The molecule has 10 aromatic carbocycles. The van der Waals surface area contributed by atoms with Gasteiger partial charge >= 0.3 is 0 Å². The second-order valence-corrected chi connectivity index (χ2v) is 15.6. The number of furan rings is 2. The average molecular weight is 780 g/mol. The molecule has 0 saturated heterocycles. The van der Waals surface area contributed by atoms with Crippen molar-refractivity contribution in [2.45, 2.75) is 0 Å². The topological polar surface area (TPSA) is 29.5 Å². The van der Waals surface area contributed by atoms with Crippen LogP contribution in [0.1, 0.15) is 0 Å². The van der Waals surface area contributed by atoms with Crippen molar-refractivity contribution in [3.05, 3.63) is 224 Å². The molecule has 2 aromatic heterocycles. The third kappa shape index (κ3) is 5.82. The van der Waals surface area contributed by atoms with Crippen LogP contribution >= 0.6 is 0 Å². The zero-order chi connectivity index (χ0) is 40.3. The standard InChI is InChI=1S/C58H37NO2/c1-3-15-38(16-4-1)44-20-9-11-27-53(44)59(54-28-12-10-21-45(54)42-32-36-55-52(37-42)51-35-31-40-19-7-8-22-46(40)56(51)60-55)43-33-29-41(30-34-43)48-24-14-26-50-49-25-13-23-47(57(49)61-58(48)50)39-17-5-2-6-18-39/h1-37H. The Bertz CT molecular complexity index is 3580. The Labute approximate surface area is 353 Å². The van der Waals surface area contributed by atoms with Crippen molar-refractivity contribution in [1.29, 1.82) is 0 Å². The summed E-state index contributed by atoms with van der Waals surface area (Å²) in [4.78, 5) is 2.40. The van der Waals surface area contributed by atoms with Gasteiger partial charge < -0.3 is 13.7 Å².